The molecule has 1 aromatic heterocycles. The van der Waals surface area contributed by atoms with Crippen LogP contribution in [0.1, 0.15) is 11.5 Å². The van der Waals surface area contributed by atoms with Crippen molar-refractivity contribution < 1.29 is 23.9 Å². The molecule has 138 valence electrons. The molecule has 8 heteroatoms. The third-order valence-corrected chi connectivity index (χ3v) is 3.78. The van der Waals surface area contributed by atoms with Gasteiger partial charge >= 0.3 is 0 Å². The van der Waals surface area contributed by atoms with Crippen molar-refractivity contribution in [1.29, 1.82) is 0 Å². The average Bonchev–Trinajstić information content (AvgIpc) is 3.17. The van der Waals surface area contributed by atoms with Crippen molar-refractivity contribution in [2.24, 2.45) is 0 Å². The van der Waals surface area contributed by atoms with Gasteiger partial charge in [-0.3, -0.25) is 0 Å². The lowest BCUT2D eigenvalue weighted by Crippen LogP contribution is -2.28. The van der Waals surface area contributed by atoms with Gasteiger partial charge in [-0.15, -0.1) is 0 Å². The highest BCUT2D eigenvalue weighted by Crippen LogP contribution is 2.29. The summed E-state index contributed by atoms with van der Waals surface area (Å²) in [7, 11) is 1.56. The molecule has 2 aromatic carbocycles. The van der Waals surface area contributed by atoms with Crippen LogP contribution in [0, 0.1) is 0 Å². The molecule has 3 aromatic rings. The van der Waals surface area contributed by atoms with Crippen molar-refractivity contribution in [2.75, 3.05) is 13.7 Å². The van der Waals surface area contributed by atoms with Crippen LogP contribution in [0.15, 0.2) is 53.1 Å². The molecule has 0 saturated carbocycles. The number of rotatable bonds is 7. The topological polar surface area (TPSA) is 97.5 Å². The number of carboxylic acids is 1. The van der Waals surface area contributed by atoms with Gasteiger partial charge in [-0.25, -0.2) is 0 Å². The van der Waals surface area contributed by atoms with E-state index in [-0.39, 0.29) is 10.9 Å². The molecule has 0 amide bonds. The van der Waals surface area contributed by atoms with Crippen LogP contribution in [0.25, 0.3) is 22.5 Å². The van der Waals surface area contributed by atoms with E-state index in [9.17, 15) is 9.90 Å². The molecule has 0 aliphatic carbocycles. The minimum atomic E-state index is -1.29. The highest BCUT2D eigenvalue weighted by atomic mass is 35.5. The summed E-state index contributed by atoms with van der Waals surface area (Å²) in [5.74, 6) is 0.264. The quantitative estimate of drug-likeness (QED) is 0.616. The number of carboxylic acid groups (broad SMARTS) is 1. The van der Waals surface area contributed by atoms with E-state index < -0.39 is 12.6 Å². The van der Waals surface area contributed by atoms with E-state index >= 15 is 0 Å². The van der Waals surface area contributed by atoms with Crippen molar-refractivity contribution in [2.45, 2.75) is 0 Å². The molecule has 0 N–H and O–H groups in total. The van der Waals surface area contributed by atoms with E-state index in [2.05, 4.69) is 10.1 Å². The van der Waals surface area contributed by atoms with Gasteiger partial charge in [0.15, 0.2) is 0 Å². The molecule has 0 fully saturated rings. The zero-order valence-electron chi connectivity index (χ0n) is 14.2. The van der Waals surface area contributed by atoms with Crippen molar-refractivity contribution in [3.05, 3.63) is 60.0 Å². The molecule has 0 radical (unpaired) electrons. The number of para-hydroxylation sites is 1. The molecule has 0 unspecified atom stereocenters. The number of halogens is 1. The summed E-state index contributed by atoms with van der Waals surface area (Å²) in [5, 5.41) is 14.6. The Kier molecular flexibility index (Phi) is 5.73. The minimum Gasteiger partial charge on any atom is -0.546 e. The van der Waals surface area contributed by atoms with Gasteiger partial charge in [0.05, 0.1) is 18.6 Å². The number of carbonyl (C=O) groups excluding carboxylic acids is 1. The summed E-state index contributed by atoms with van der Waals surface area (Å²) in [6, 6.07) is 14.0. The molecule has 0 aliphatic heterocycles. The predicted octanol–water partition coefficient (Wildman–Crippen LogP) is 2.61. The van der Waals surface area contributed by atoms with Crippen LogP contribution in [0.4, 0.5) is 0 Å². The summed E-state index contributed by atoms with van der Waals surface area (Å²) >= 11 is 6.27. The summed E-state index contributed by atoms with van der Waals surface area (Å²) in [5.41, 5.74) is 1.44. The first kappa shape index (κ1) is 18.5. The van der Waals surface area contributed by atoms with Crippen LogP contribution >= 0.6 is 11.6 Å². The third kappa shape index (κ3) is 4.65. The van der Waals surface area contributed by atoms with Crippen molar-refractivity contribution >= 4 is 28.7 Å². The van der Waals surface area contributed by atoms with Crippen LogP contribution in [0.5, 0.6) is 11.5 Å². The monoisotopic (exact) mass is 385 g/mol. The summed E-state index contributed by atoms with van der Waals surface area (Å²) < 4.78 is 15.5. The number of hydrogen-bond acceptors (Lipinski definition) is 7. The second-order valence-corrected chi connectivity index (χ2v) is 5.75. The normalized spacial score (nSPS) is 11.3. The predicted molar refractivity (Wildman–Crippen MR) is 97.0 cm³/mol. The third-order valence-electron chi connectivity index (χ3n) is 3.51. The molecule has 0 bridgehead atoms. The molecule has 1 heterocycles. The lowest BCUT2D eigenvalue weighted by atomic mass is 10.2. The Balaban J connectivity index is 1.77. The molecule has 0 spiro atoms. The first-order valence-electron chi connectivity index (χ1n) is 7.84. The van der Waals surface area contributed by atoms with Crippen LogP contribution in [0.3, 0.4) is 0 Å². The zero-order chi connectivity index (χ0) is 19.2. The van der Waals surface area contributed by atoms with Crippen LogP contribution < -0.4 is 14.6 Å². The van der Waals surface area contributed by atoms with E-state index in [0.717, 1.165) is 5.56 Å². The Morgan fingerprint density at radius 1 is 1.22 bits per heavy atom. The second kappa shape index (κ2) is 8.37. The molecule has 7 nitrogen and oxygen atoms in total. The van der Waals surface area contributed by atoms with Gasteiger partial charge in [-0.1, -0.05) is 41.0 Å². The molecule has 0 aliphatic rings. The Hall–Kier alpha value is -3.32. The molecule has 0 saturated heterocycles. The highest BCUT2D eigenvalue weighted by Gasteiger charge is 2.14. The Morgan fingerprint density at radius 3 is 2.67 bits per heavy atom. The summed E-state index contributed by atoms with van der Waals surface area (Å²) in [6.45, 7) is -0.510. The molecule has 27 heavy (non-hydrogen) atoms. The van der Waals surface area contributed by atoms with Crippen LogP contribution in [0.2, 0.25) is 0 Å². The number of carbonyl (C=O) groups is 1. The minimum absolute atomic E-state index is 0.162. The van der Waals surface area contributed by atoms with Crippen molar-refractivity contribution in [3.8, 4) is 22.9 Å². The number of methoxy groups -OCH3 is 1. The first-order chi connectivity index (χ1) is 13.1. The van der Waals surface area contributed by atoms with E-state index in [1.165, 1.54) is 0 Å². The lowest BCUT2D eigenvalue weighted by Gasteiger charge is -2.06. The molecular weight excluding hydrogens is 372 g/mol. The van der Waals surface area contributed by atoms with Gasteiger partial charge in [-0.2, -0.15) is 4.98 Å². The highest BCUT2D eigenvalue weighted by molar-refractivity contribution is 6.50. The van der Waals surface area contributed by atoms with Gasteiger partial charge in [0.1, 0.15) is 23.1 Å². The van der Waals surface area contributed by atoms with Gasteiger partial charge in [0.25, 0.3) is 5.89 Å². The second-order valence-electron chi connectivity index (χ2n) is 5.35. The number of aliphatic carboxylic acids is 1. The van der Waals surface area contributed by atoms with Crippen molar-refractivity contribution in [3.63, 3.8) is 0 Å². The van der Waals surface area contributed by atoms with Crippen LogP contribution in [-0.4, -0.2) is 29.8 Å². The van der Waals surface area contributed by atoms with Gasteiger partial charge in [0.2, 0.25) is 5.82 Å². The Morgan fingerprint density at radius 2 is 1.96 bits per heavy atom. The largest absolute Gasteiger partial charge is 0.546 e. The number of ether oxygens (including phenoxy) is 2. The van der Waals surface area contributed by atoms with E-state index in [1.807, 2.05) is 18.2 Å². The van der Waals surface area contributed by atoms with Gasteiger partial charge in [0, 0.05) is 0 Å². The molecule has 3 rings (SSSR count). The molecular formula is C19H14ClN2O5-. The summed E-state index contributed by atoms with van der Waals surface area (Å²) in [6.07, 6.45) is 1.64. The maximum atomic E-state index is 10.4. The maximum Gasteiger partial charge on any atom is 0.269 e. The number of nitrogens with zero attached hydrogens (tertiary/aromatic N) is 2. The first-order valence-corrected chi connectivity index (χ1v) is 8.22. The zero-order valence-corrected chi connectivity index (χ0v) is 15.0. The Bertz CT molecular complexity index is 966. The maximum absolute atomic E-state index is 10.4. The van der Waals surface area contributed by atoms with Gasteiger partial charge in [-0.05, 0) is 35.9 Å². The fourth-order valence-electron chi connectivity index (χ4n) is 2.27. The van der Waals surface area contributed by atoms with E-state index in [0.29, 0.717) is 22.9 Å². The number of benzene rings is 2. The summed E-state index contributed by atoms with van der Waals surface area (Å²) in [4.78, 5) is 14.7. The standard InChI is InChI=1S/C19H15ClN2O5/c1-25-16-5-3-2-4-14(16)18-21-19(27-22-18)15(20)10-12-6-8-13(9-7-12)26-11-17(23)24/h2-10H,11H2,1H3,(H,23,24)/p-1/b15-10-. The number of hydrogen-bond donors (Lipinski definition) is 0. The van der Waals surface area contributed by atoms with Crippen LogP contribution in [-0.2, 0) is 4.79 Å². The fourth-order valence-corrected chi connectivity index (χ4v) is 2.47. The Labute approximate surface area is 159 Å². The lowest BCUT2D eigenvalue weighted by molar-refractivity contribution is -0.307. The van der Waals surface area contributed by atoms with E-state index in [4.69, 9.17) is 25.6 Å². The van der Waals surface area contributed by atoms with E-state index in [1.54, 1.807) is 43.5 Å². The van der Waals surface area contributed by atoms with Crippen molar-refractivity contribution in [1.82, 2.24) is 10.1 Å². The SMILES string of the molecule is COc1ccccc1-c1noc(/C(Cl)=C/c2ccc(OCC(=O)[O-])cc2)n1. The number of aromatic nitrogens is 2. The van der Waals surface area contributed by atoms with Gasteiger partial charge < -0.3 is 23.9 Å². The average molecular weight is 386 g/mol. The molecule has 0 atom stereocenters. The fraction of sp³-hybridized carbons (Fsp3) is 0.105. The smallest absolute Gasteiger partial charge is 0.269 e.